The van der Waals surface area contributed by atoms with Crippen molar-refractivity contribution >= 4 is 21.6 Å². The van der Waals surface area contributed by atoms with Crippen molar-refractivity contribution in [2.75, 3.05) is 25.0 Å². The minimum atomic E-state index is -3.79. The lowest BCUT2D eigenvalue weighted by atomic mass is 10.0. The van der Waals surface area contributed by atoms with E-state index in [2.05, 4.69) is 0 Å². The van der Waals surface area contributed by atoms with Gasteiger partial charge >= 0.3 is 0 Å². The summed E-state index contributed by atoms with van der Waals surface area (Å²) in [6.07, 6.45) is 0. The SMILES string of the molecule is CCN(CC)S(=O)(=O)c1ccc(F)c(C(=O)N(C)c2cccc(C(C)C)c2)c1. The molecule has 0 N–H and O–H groups in total. The highest BCUT2D eigenvalue weighted by molar-refractivity contribution is 7.89. The Bertz CT molecular complexity index is 954. The van der Waals surface area contributed by atoms with Gasteiger partial charge in [0.05, 0.1) is 10.5 Å². The van der Waals surface area contributed by atoms with Crippen LogP contribution in [0.3, 0.4) is 0 Å². The normalized spacial score (nSPS) is 11.9. The Hall–Kier alpha value is -2.25. The Kier molecular flexibility index (Phi) is 6.96. The second-order valence-electron chi connectivity index (χ2n) is 6.84. The molecule has 152 valence electrons. The highest BCUT2D eigenvalue weighted by Crippen LogP contribution is 2.24. The summed E-state index contributed by atoms with van der Waals surface area (Å²) in [5.41, 5.74) is 1.40. The number of benzene rings is 2. The number of hydrogen-bond donors (Lipinski definition) is 0. The molecule has 2 rings (SSSR count). The fourth-order valence-corrected chi connectivity index (χ4v) is 4.42. The lowest BCUT2D eigenvalue weighted by molar-refractivity contribution is 0.0989. The molecule has 2 aromatic carbocycles. The van der Waals surface area contributed by atoms with Crippen molar-refractivity contribution in [2.24, 2.45) is 0 Å². The first-order valence-electron chi connectivity index (χ1n) is 9.31. The molecule has 0 aliphatic heterocycles. The van der Waals surface area contributed by atoms with E-state index in [1.54, 1.807) is 27.0 Å². The smallest absolute Gasteiger partial charge is 0.261 e. The van der Waals surface area contributed by atoms with Gasteiger partial charge in [-0.15, -0.1) is 0 Å². The monoisotopic (exact) mass is 406 g/mol. The van der Waals surface area contributed by atoms with Crippen LogP contribution in [0.2, 0.25) is 0 Å². The van der Waals surface area contributed by atoms with Crippen molar-refractivity contribution < 1.29 is 17.6 Å². The zero-order valence-electron chi connectivity index (χ0n) is 16.9. The number of carbonyl (C=O) groups is 1. The summed E-state index contributed by atoms with van der Waals surface area (Å²) < 4.78 is 41.1. The summed E-state index contributed by atoms with van der Waals surface area (Å²) in [6, 6.07) is 10.8. The molecule has 0 bridgehead atoms. The average molecular weight is 407 g/mol. The van der Waals surface area contributed by atoms with Gasteiger partial charge in [0, 0.05) is 25.8 Å². The Labute approximate surface area is 166 Å². The number of carbonyl (C=O) groups excluding carboxylic acids is 1. The molecule has 0 atom stereocenters. The molecular weight excluding hydrogens is 379 g/mol. The fraction of sp³-hybridized carbons (Fsp3) is 0.381. The maximum atomic E-state index is 14.4. The standard InChI is InChI=1S/C21H27FN2O3S/c1-6-24(7-2)28(26,27)18-11-12-20(22)19(14-18)21(25)23(5)17-10-8-9-16(13-17)15(3)4/h8-15H,6-7H2,1-5H3. The van der Waals surface area contributed by atoms with Gasteiger partial charge in [0.15, 0.2) is 0 Å². The van der Waals surface area contributed by atoms with E-state index in [1.807, 2.05) is 32.0 Å². The summed E-state index contributed by atoms with van der Waals surface area (Å²) >= 11 is 0. The Morgan fingerprint density at radius 3 is 2.29 bits per heavy atom. The number of sulfonamides is 1. The van der Waals surface area contributed by atoms with Gasteiger partial charge in [-0.2, -0.15) is 4.31 Å². The highest BCUT2D eigenvalue weighted by atomic mass is 32.2. The number of halogens is 1. The van der Waals surface area contributed by atoms with Gasteiger partial charge in [0.1, 0.15) is 5.82 Å². The third kappa shape index (κ3) is 4.42. The first-order valence-corrected chi connectivity index (χ1v) is 10.7. The zero-order chi connectivity index (χ0) is 21.1. The van der Waals surface area contributed by atoms with E-state index in [0.29, 0.717) is 18.8 Å². The lowest BCUT2D eigenvalue weighted by Crippen LogP contribution is -2.31. The molecule has 0 aliphatic carbocycles. The third-order valence-electron chi connectivity index (χ3n) is 4.74. The van der Waals surface area contributed by atoms with Gasteiger partial charge in [0.2, 0.25) is 10.0 Å². The topological polar surface area (TPSA) is 57.7 Å². The molecule has 0 unspecified atom stereocenters. The summed E-state index contributed by atoms with van der Waals surface area (Å²) in [5.74, 6) is -1.08. The Balaban J connectivity index is 2.44. The van der Waals surface area contributed by atoms with Crippen molar-refractivity contribution in [1.82, 2.24) is 4.31 Å². The summed E-state index contributed by atoms with van der Waals surface area (Å²) in [5, 5.41) is 0. The maximum absolute atomic E-state index is 14.4. The highest BCUT2D eigenvalue weighted by Gasteiger charge is 2.25. The van der Waals surface area contributed by atoms with Crippen molar-refractivity contribution in [3.05, 3.63) is 59.4 Å². The van der Waals surface area contributed by atoms with Crippen LogP contribution in [0.1, 0.15) is 49.5 Å². The van der Waals surface area contributed by atoms with Crippen LogP contribution in [-0.2, 0) is 10.0 Å². The van der Waals surface area contributed by atoms with Gasteiger partial charge in [-0.25, -0.2) is 12.8 Å². The van der Waals surface area contributed by atoms with Crippen molar-refractivity contribution in [2.45, 2.75) is 38.5 Å². The van der Waals surface area contributed by atoms with E-state index in [4.69, 9.17) is 0 Å². The zero-order valence-corrected chi connectivity index (χ0v) is 17.8. The molecular formula is C21H27FN2O3S. The van der Waals surface area contributed by atoms with Crippen LogP contribution in [0.15, 0.2) is 47.4 Å². The van der Waals surface area contributed by atoms with E-state index in [0.717, 1.165) is 17.7 Å². The van der Waals surface area contributed by atoms with E-state index < -0.39 is 21.7 Å². The van der Waals surface area contributed by atoms with E-state index in [-0.39, 0.29) is 16.4 Å². The summed E-state index contributed by atoms with van der Waals surface area (Å²) in [7, 11) is -2.24. The molecule has 0 aliphatic rings. The first-order chi connectivity index (χ1) is 13.1. The largest absolute Gasteiger partial charge is 0.311 e. The molecule has 0 saturated carbocycles. The number of amides is 1. The molecule has 0 fully saturated rings. The molecule has 0 radical (unpaired) electrons. The molecule has 1 amide bonds. The van der Waals surface area contributed by atoms with Gasteiger partial charge in [-0.3, -0.25) is 4.79 Å². The predicted molar refractivity (Wildman–Crippen MR) is 110 cm³/mol. The van der Waals surface area contributed by atoms with Crippen LogP contribution in [0.4, 0.5) is 10.1 Å². The molecule has 28 heavy (non-hydrogen) atoms. The molecule has 0 heterocycles. The van der Waals surface area contributed by atoms with Crippen molar-refractivity contribution in [3.8, 4) is 0 Å². The number of anilines is 1. The van der Waals surface area contributed by atoms with Gasteiger partial charge in [0.25, 0.3) is 5.91 Å². The second-order valence-corrected chi connectivity index (χ2v) is 8.78. The Morgan fingerprint density at radius 1 is 1.07 bits per heavy atom. The van der Waals surface area contributed by atoms with Crippen LogP contribution >= 0.6 is 0 Å². The van der Waals surface area contributed by atoms with Gasteiger partial charge in [-0.1, -0.05) is 39.8 Å². The molecule has 7 heteroatoms. The fourth-order valence-electron chi connectivity index (χ4n) is 2.93. The first kappa shape index (κ1) is 22.0. The third-order valence-corrected chi connectivity index (χ3v) is 6.79. The van der Waals surface area contributed by atoms with Crippen LogP contribution < -0.4 is 4.90 Å². The molecule has 0 saturated heterocycles. The predicted octanol–water partition coefficient (Wildman–Crippen LogP) is 4.26. The van der Waals surface area contributed by atoms with Crippen LogP contribution in [-0.4, -0.2) is 38.8 Å². The number of hydrogen-bond acceptors (Lipinski definition) is 3. The number of nitrogens with zero attached hydrogens (tertiary/aromatic N) is 2. The maximum Gasteiger partial charge on any atom is 0.261 e. The summed E-state index contributed by atoms with van der Waals surface area (Å²) in [6.45, 7) is 8.13. The van der Waals surface area contributed by atoms with Crippen LogP contribution in [0.25, 0.3) is 0 Å². The lowest BCUT2D eigenvalue weighted by Gasteiger charge is -2.21. The van der Waals surface area contributed by atoms with E-state index in [1.165, 1.54) is 15.3 Å². The summed E-state index contributed by atoms with van der Waals surface area (Å²) in [4.78, 5) is 14.2. The molecule has 2 aromatic rings. The van der Waals surface area contributed by atoms with Gasteiger partial charge < -0.3 is 4.90 Å². The molecule has 5 nitrogen and oxygen atoms in total. The number of rotatable bonds is 7. The van der Waals surface area contributed by atoms with Gasteiger partial charge in [-0.05, 0) is 41.8 Å². The molecule has 0 aromatic heterocycles. The molecule has 0 spiro atoms. The van der Waals surface area contributed by atoms with Crippen molar-refractivity contribution in [1.29, 1.82) is 0 Å². The Morgan fingerprint density at radius 2 is 1.71 bits per heavy atom. The van der Waals surface area contributed by atoms with Crippen LogP contribution in [0.5, 0.6) is 0 Å². The quantitative estimate of drug-likeness (QED) is 0.690. The van der Waals surface area contributed by atoms with E-state index >= 15 is 0 Å². The van der Waals surface area contributed by atoms with Crippen LogP contribution in [0, 0.1) is 5.82 Å². The van der Waals surface area contributed by atoms with Crippen molar-refractivity contribution in [3.63, 3.8) is 0 Å². The average Bonchev–Trinajstić information content (AvgIpc) is 2.67. The minimum absolute atomic E-state index is 0.0923. The second kappa shape index (κ2) is 8.84. The van der Waals surface area contributed by atoms with E-state index in [9.17, 15) is 17.6 Å². The minimum Gasteiger partial charge on any atom is -0.311 e.